The molecule has 1 atom stereocenters. The second-order valence-electron chi connectivity index (χ2n) is 3.74. The predicted molar refractivity (Wildman–Crippen MR) is 66.0 cm³/mol. The Bertz CT molecular complexity index is 329. The van der Waals surface area contributed by atoms with E-state index in [0.717, 1.165) is 5.56 Å². The van der Waals surface area contributed by atoms with Gasteiger partial charge in [0.15, 0.2) is 0 Å². The molecule has 4 heteroatoms. The van der Waals surface area contributed by atoms with Crippen LogP contribution in [-0.4, -0.2) is 24.9 Å². The maximum Gasteiger partial charge on any atom is 0.142 e. The Hall–Kier alpha value is -0.770. The fourth-order valence-corrected chi connectivity index (χ4v) is 1.63. The predicted octanol–water partition coefficient (Wildman–Crippen LogP) is 2.21. The molecule has 0 aromatic heterocycles. The lowest BCUT2D eigenvalue weighted by atomic mass is 10.2. The summed E-state index contributed by atoms with van der Waals surface area (Å²) in [5.74, 6) is 0.708. The summed E-state index contributed by atoms with van der Waals surface area (Å²) >= 11 is 6.07. The van der Waals surface area contributed by atoms with E-state index in [1.165, 1.54) is 0 Å². The van der Waals surface area contributed by atoms with Crippen LogP contribution in [0.25, 0.3) is 0 Å². The molecule has 1 unspecified atom stereocenters. The Morgan fingerprint density at radius 1 is 1.50 bits per heavy atom. The molecule has 0 fully saturated rings. The fraction of sp³-hybridized carbons (Fsp3) is 0.500. The van der Waals surface area contributed by atoms with Crippen LogP contribution in [0.5, 0.6) is 5.75 Å². The number of benzene rings is 1. The summed E-state index contributed by atoms with van der Waals surface area (Å²) < 4.78 is 5.60. The Morgan fingerprint density at radius 3 is 2.88 bits per heavy atom. The third kappa shape index (κ3) is 4.00. The number of hydrogen-bond donors (Lipinski definition) is 2. The van der Waals surface area contributed by atoms with Crippen LogP contribution in [0.1, 0.15) is 18.9 Å². The van der Waals surface area contributed by atoms with E-state index in [1.54, 1.807) is 13.0 Å². The highest BCUT2D eigenvalue weighted by atomic mass is 35.5. The Morgan fingerprint density at radius 2 is 2.25 bits per heavy atom. The number of ether oxygens (including phenoxy) is 1. The highest BCUT2D eigenvalue weighted by molar-refractivity contribution is 6.32. The van der Waals surface area contributed by atoms with Gasteiger partial charge in [-0.1, -0.05) is 23.7 Å². The van der Waals surface area contributed by atoms with Crippen LogP contribution in [0, 0.1) is 0 Å². The average molecular weight is 244 g/mol. The molecule has 0 radical (unpaired) electrons. The molecule has 1 aromatic carbocycles. The molecule has 90 valence electrons. The van der Waals surface area contributed by atoms with Crippen molar-refractivity contribution in [1.29, 1.82) is 0 Å². The Labute approximate surface area is 101 Å². The van der Waals surface area contributed by atoms with Crippen molar-refractivity contribution in [3.63, 3.8) is 0 Å². The van der Waals surface area contributed by atoms with Gasteiger partial charge in [0.25, 0.3) is 0 Å². The minimum absolute atomic E-state index is 0.352. The molecule has 16 heavy (non-hydrogen) atoms. The zero-order valence-corrected chi connectivity index (χ0v) is 10.4. The van der Waals surface area contributed by atoms with E-state index in [1.807, 2.05) is 19.2 Å². The molecule has 0 bridgehead atoms. The van der Waals surface area contributed by atoms with Gasteiger partial charge in [-0.15, -0.1) is 0 Å². The number of hydrogen-bond acceptors (Lipinski definition) is 3. The Balaban J connectivity index is 2.68. The fourth-order valence-electron chi connectivity index (χ4n) is 1.38. The van der Waals surface area contributed by atoms with Crippen molar-refractivity contribution >= 4 is 11.6 Å². The summed E-state index contributed by atoms with van der Waals surface area (Å²) in [7, 11) is 1.88. The topological polar surface area (TPSA) is 41.5 Å². The van der Waals surface area contributed by atoms with Crippen LogP contribution in [0.2, 0.25) is 5.02 Å². The van der Waals surface area contributed by atoms with E-state index in [2.05, 4.69) is 5.32 Å². The van der Waals surface area contributed by atoms with Crippen molar-refractivity contribution in [2.24, 2.45) is 0 Å². The molecule has 0 aliphatic heterocycles. The van der Waals surface area contributed by atoms with Crippen LogP contribution in [-0.2, 0) is 6.54 Å². The zero-order valence-electron chi connectivity index (χ0n) is 9.66. The van der Waals surface area contributed by atoms with Crippen molar-refractivity contribution in [3.8, 4) is 5.75 Å². The quantitative estimate of drug-likeness (QED) is 0.805. The van der Waals surface area contributed by atoms with Crippen molar-refractivity contribution in [3.05, 3.63) is 28.8 Å². The largest absolute Gasteiger partial charge is 0.492 e. The molecule has 0 aliphatic carbocycles. The monoisotopic (exact) mass is 243 g/mol. The molecular formula is C12H18ClNO2. The second kappa shape index (κ2) is 6.74. The first-order chi connectivity index (χ1) is 7.65. The molecule has 0 amide bonds. The number of nitrogens with one attached hydrogen (secondary N) is 1. The van der Waals surface area contributed by atoms with Gasteiger partial charge in [-0.2, -0.15) is 0 Å². The molecule has 0 saturated carbocycles. The van der Waals surface area contributed by atoms with E-state index in [9.17, 15) is 0 Å². The number of para-hydroxylation sites is 1. The highest BCUT2D eigenvalue weighted by Gasteiger charge is 2.08. The van der Waals surface area contributed by atoms with Crippen molar-refractivity contribution in [1.82, 2.24) is 5.32 Å². The highest BCUT2D eigenvalue weighted by Crippen LogP contribution is 2.28. The van der Waals surface area contributed by atoms with E-state index >= 15 is 0 Å². The molecule has 0 saturated heterocycles. The molecule has 1 aromatic rings. The Kier molecular flexibility index (Phi) is 5.60. The smallest absolute Gasteiger partial charge is 0.142 e. The van der Waals surface area contributed by atoms with Gasteiger partial charge in [0.1, 0.15) is 5.75 Å². The first-order valence-electron chi connectivity index (χ1n) is 5.38. The van der Waals surface area contributed by atoms with E-state index in [0.29, 0.717) is 30.3 Å². The van der Waals surface area contributed by atoms with Gasteiger partial charge >= 0.3 is 0 Å². The number of halogens is 1. The lowest BCUT2D eigenvalue weighted by molar-refractivity contribution is 0.155. The van der Waals surface area contributed by atoms with Gasteiger partial charge in [0.2, 0.25) is 0 Å². The lowest BCUT2D eigenvalue weighted by Gasteiger charge is -2.13. The third-order valence-electron chi connectivity index (χ3n) is 2.20. The number of aliphatic hydroxyl groups is 1. The van der Waals surface area contributed by atoms with E-state index in [4.69, 9.17) is 21.4 Å². The van der Waals surface area contributed by atoms with Crippen LogP contribution < -0.4 is 10.1 Å². The second-order valence-corrected chi connectivity index (χ2v) is 4.15. The summed E-state index contributed by atoms with van der Waals surface area (Å²) in [5, 5.41) is 12.8. The molecule has 2 N–H and O–H groups in total. The summed E-state index contributed by atoms with van der Waals surface area (Å²) in [6.45, 7) is 2.92. The molecule has 0 aliphatic rings. The van der Waals surface area contributed by atoms with Crippen molar-refractivity contribution < 1.29 is 9.84 Å². The van der Waals surface area contributed by atoms with Crippen molar-refractivity contribution in [2.45, 2.75) is 26.0 Å². The minimum atomic E-state index is -0.352. The number of rotatable bonds is 6. The first-order valence-corrected chi connectivity index (χ1v) is 5.75. The molecule has 0 heterocycles. The molecule has 1 rings (SSSR count). The normalized spacial score (nSPS) is 12.5. The van der Waals surface area contributed by atoms with Crippen LogP contribution >= 0.6 is 11.6 Å². The third-order valence-corrected chi connectivity index (χ3v) is 2.50. The van der Waals surface area contributed by atoms with Crippen molar-refractivity contribution in [2.75, 3.05) is 13.7 Å². The summed E-state index contributed by atoms with van der Waals surface area (Å²) in [4.78, 5) is 0. The van der Waals surface area contributed by atoms with E-state index in [-0.39, 0.29) is 6.10 Å². The first kappa shape index (κ1) is 13.3. The van der Waals surface area contributed by atoms with Gasteiger partial charge < -0.3 is 15.2 Å². The van der Waals surface area contributed by atoms with Crippen LogP contribution in [0.15, 0.2) is 18.2 Å². The standard InChI is InChI=1S/C12H18ClNO2/c1-9(15)6-7-16-12-10(8-14-2)4-3-5-11(12)13/h3-5,9,14-15H,6-8H2,1-2H3. The zero-order chi connectivity index (χ0) is 12.0. The van der Waals surface area contributed by atoms with Crippen LogP contribution in [0.3, 0.4) is 0 Å². The molecule has 0 spiro atoms. The molecule has 3 nitrogen and oxygen atoms in total. The van der Waals surface area contributed by atoms with Gasteiger partial charge in [0, 0.05) is 18.5 Å². The summed E-state index contributed by atoms with van der Waals surface area (Å²) in [6, 6.07) is 5.68. The SMILES string of the molecule is CNCc1cccc(Cl)c1OCCC(C)O. The van der Waals surface area contributed by atoms with E-state index < -0.39 is 0 Å². The summed E-state index contributed by atoms with van der Waals surface area (Å²) in [5.41, 5.74) is 1.03. The minimum Gasteiger partial charge on any atom is -0.492 e. The van der Waals surface area contributed by atoms with Crippen LogP contribution in [0.4, 0.5) is 0 Å². The van der Waals surface area contributed by atoms with Gasteiger partial charge in [0.05, 0.1) is 17.7 Å². The van der Waals surface area contributed by atoms with Gasteiger partial charge in [-0.05, 0) is 20.0 Å². The average Bonchev–Trinajstić information content (AvgIpc) is 2.22. The summed E-state index contributed by atoms with van der Waals surface area (Å²) in [6.07, 6.45) is 0.250. The number of aliphatic hydroxyl groups excluding tert-OH is 1. The molecular weight excluding hydrogens is 226 g/mol. The van der Waals surface area contributed by atoms with Gasteiger partial charge in [-0.25, -0.2) is 0 Å². The lowest BCUT2D eigenvalue weighted by Crippen LogP contribution is -2.11. The maximum absolute atomic E-state index is 9.15. The van der Waals surface area contributed by atoms with Gasteiger partial charge in [-0.3, -0.25) is 0 Å². The maximum atomic E-state index is 9.15.